The summed E-state index contributed by atoms with van der Waals surface area (Å²) in [6.07, 6.45) is -0.111. The molecular formula is C19H22ClN3O2. The standard InChI is InChI=1S/C19H21N3O2.ClH/c23-18(14-19(24)22-12-10-20-11-13-22)21-17-8-6-16(7-9-17)15-4-2-1-3-5-15;/h1-9,20H,10-14H2,(H,21,23);1H. The highest BCUT2D eigenvalue weighted by Crippen LogP contribution is 2.21. The highest BCUT2D eigenvalue weighted by molar-refractivity contribution is 6.03. The zero-order chi connectivity index (χ0) is 16.8. The number of halogens is 1. The number of carbonyl (C=O) groups is 2. The zero-order valence-corrected chi connectivity index (χ0v) is 14.7. The highest BCUT2D eigenvalue weighted by atomic mass is 35.5. The van der Waals surface area contributed by atoms with Crippen LogP contribution in [0.15, 0.2) is 54.6 Å². The van der Waals surface area contributed by atoms with Crippen LogP contribution in [0.25, 0.3) is 11.1 Å². The summed E-state index contributed by atoms with van der Waals surface area (Å²) < 4.78 is 0. The average molecular weight is 360 g/mol. The van der Waals surface area contributed by atoms with Gasteiger partial charge in [-0.25, -0.2) is 0 Å². The first kappa shape index (κ1) is 19.0. The molecule has 1 aliphatic heterocycles. The molecule has 1 fully saturated rings. The molecule has 0 spiro atoms. The van der Waals surface area contributed by atoms with Gasteiger partial charge in [0.05, 0.1) is 0 Å². The molecule has 5 nitrogen and oxygen atoms in total. The second kappa shape index (κ2) is 9.20. The predicted octanol–water partition coefficient (Wildman–Crippen LogP) is 2.54. The Morgan fingerprint density at radius 1 is 0.920 bits per heavy atom. The van der Waals surface area contributed by atoms with Crippen molar-refractivity contribution in [1.29, 1.82) is 0 Å². The van der Waals surface area contributed by atoms with E-state index in [1.54, 1.807) is 4.90 Å². The lowest BCUT2D eigenvalue weighted by Gasteiger charge is -2.27. The molecule has 2 aromatic carbocycles. The lowest BCUT2D eigenvalue weighted by molar-refractivity contribution is -0.135. The van der Waals surface area contributed by atoms with Gasteiger partial charge < -0.3 is 15.5 Å². The molecule has 1 heterocycles. The first-order valence-corrected chi connectivity index (χ1v) is 8.16. The van der Waals surface area contributed by atoms with Crippen molar-refractivity contribution in [2.45, 2.75) is 6.42 Å². The summed E-state index contributed by atoms with van der Waals surface area (Å²) in [6, 6.07) is 17.7. The largest absolute Gasteiger partial charge is 0.340 e. The number of hydrogen-bond acceptors (Lipinski definition) is 3. The summed E-state index contributed by atoms with van der Waals surface area (Å²) in [6.45, 7) is 2.90. The highest BCUT2D eigenvalue weighted by Gasteiger charge is 2.19. The van der Waals surface area contributed by atoms with E-state index in [2.05, 4.69) is 10.6 Å². The molecule has 6 heteroatoms. The van der Waals surface area contributed by atoms with Gasteiger partial charge in [-0.05, 0) is 23.3 Å². The van der Waals surface area contributed by atoms with Crippen molar-refractivity contribution in [3.05, 3.63) is 54.6 Å². The second-order valence-corrected chi connectivity index (χ2v) is 5.80. The van der Waals surface area contributed by atoms with Crippen LogP contribution in [0.2, 0.25) is 0 Å². The van der Waals surface area contributed by atoms with E-state index in [1.165, 1.54) is 0 Å². The van der Waals surface area contributed by atoms with Gasteiger partial charge in [0.2, 0.25) is 11.8 Å². The van der Waals surface area contributed by atoms with Crippen LogP contribution in [0.5, 0.6) is 0 Å². The number of benzene rings is 2. The van der Waals surface area contributed by atoms with Gasteiger partial charge >= 0.3 is 0 Å². The molecule has 0 radical (unpaired) electrons. The molecule has 0 saturated carbocycles. The number of nitrogens with zero attached hydrogens (tertiary/aromatic N) is 1. The lowest BCUT2D eigenvalue weighted by Crippen LogP contribution is -2.47. The molecule has 0 bridgehead atoms. The maximum Gasteiger partial charge on any atom is 0.233 e. The molecule has 1 saturated heterocycles. The van der Waals surface area contributed by atoms with Gasteiger partial charge in [0.15, 0.2) is 0 Å². The van der Waals surface area contributed by atoms with Crippen LogP contribution in [-0.2, 0) is 9.59 Å². The summed E-state index contributed by atoms with van der Waals surface area (Å²) in [4.78, 5) is 25.9. The number of nitrogens with one attached hydrogen (secondary N) is 2. The van der Waals surface area contributed by atoms with Crippen molar-refractivity contribution in [2.24, 2.45) is 0 Å². The van der Waals surface area contributed by atoms with Crippen LogP contribution in [0.4, 0.5) is 5.69 Å². The molecule has 0 atom stereocenters. The Morgan fingerprint density at radius 3 is 2.16 bits per heavy atom. The van der Waals surface area contributed by atoms with Crippen molar-refractivity contribution in [3.63, 3.8) is 0 Å². The minimum absolute atomic E-state index is 0. The first-order valence-electron chi connectivity index (χ1n) is 8.16. The molecule has 1 aliphatic rings. The molecule has 2 N–H and O–H groups in total. The third-order valence-electron chi connectivity index (χ3n) is 4.06. The van der Waals surface area contributed by atoms with Crippen molar-refractivity contribution in [3.8, 4) is 11.1 Å². The summed E-state index contributed by atoms with van der Waals surface area (Å²) >= 11 is 0. The summed E-state index contributed by atoms with van der Waals surface area (Å²) in [5.41, 5.74) is 2.92. The molecule has 3 rings (SSSR count). The van der Waals surface area contributed by atoms with Gasteiger partial charge in [0, 0.05) is 31.9 Å². The maximum absolute atomic E-state index is 12.1. The second-order valence-electron chi connectivity index (χ2n) is 5.80. The van der Waals surface area contributed by atoms with Crippen LogP contribution >= 0.6 is 12.4 Å². The minimum atomic E-state index is -0.272. The average Bonchev–Trinajstić information content (AvgIpc) is 2.64. The SMILES string of the molecule is Cl.O=C(CC(=O)N1CCNCC1)Nc1ccc(-c2ccccc2)cc1. The first-order chi connectivity index (χ1) is 11.7. The van der Waals surface area contributed by atoms with E-state index in [-0.39, 0.29) is 30.6 Å². The van der Waals surface area contributed by atoms with E-state index in [0.717, 1.165) is 24.2 Å². The monoisotopic (exact) mass is 359 g/mol. The van der Waals surface area contributed by atoms with Crippen molar-refractivity contribution in [2.75, 3.05) is 31.5 Å². The van der Waals surface area contributed by atoms with Gasteiger partial charge in [0.1, 0.15) is 6.42 Å². The normalized spacial score (nSPS) is 13.7. The molecule has 2 aromatic rings. The molecule has 0 aliphatic carbocycles. The number of carbonyl (C=O) groups excluding carboxylic acids is 2. The van der Waals surface area contributed by atoms with Crippen LogP contribution in [0.3, 0.4) is 0 Å². The Hall–Kier alpha value is -2.37. The fourth-order valence-electron chi connectivity index (χ4n) is 2.75. The van der Waals surface area contributed by atoms with Gasteiger partial charge in [-0.15, -0.1) is 12.4 Å². The third kappa shape index (κ3) is 5.31. The Balaban J connectivity index is 0.00000225. The molecule has 2 amide bonds. The molecular weight excluding hydrogens is 338 g/mol. The number of amides is 2. The van der Waals surface area contributed by atoms with Gasteiger partial charge in [-0.2, -0.15) is 0 Å². The third-order valence-corrected chi connectivity index (χ3v) is 4.06. The van der Waals surface area contributed by atoms with Gasteiger partial charge in [-0.1, -0.05) is 42.5 Å². The van der Waals surface area contributed by atoms with Crippen LogP contribution < -0.4 is 10.6 Å². The number of hydrogen-bond donors (Lipinski definition) is 2. The van der Waals surface area contributed by atoms with E-state index >= 15 is 0 Å². The zero-order valence-electron chi connectivity index (χ0n) is 13.9. The van der Waals surface area contributed by atoms with Crippen LogP contribution in [0, 0.1) is 0 Å². The maximum atomic E-state index is 12.1. The van der Waals surface area contributed by atoms with Gasteiger partial charge in [-0.3, -0.25) is 9.59 Å². The Labute approximate surface area is 153 Å². The summed E-state index contributed by atoms with van der Waals surface area (Å²) in [7, 11) is 0. The minimum Gasteiger partial charge on any atom is -0.340 e. The van der Waals surface area contributed by atoms with Crippen molar-refractivity contribution < 1.29 is 9.59 Å². The number of anilines is 1. The topological polar surface area (TPSA) is 61.4 Å². The smallest absolute Gasteiger partial charge is 0.233 e. The van der Waals surface area contributed by atoms with E-state index in [0.29, 0.717) is 18.8 Å². The van der Waals surface area contributed by atoms with Crippen LogP contribution in [-0.4, -0.2) is 42.9 Å². The van der Waals surface area contributed by atoms with Crippen molar-refractivity contribution >= 4 is 29.9 Å². The molecule has 25 heavy (non-hydrogen) atoms. The van der Waals surface area contributed by atoms with Gasteiger partial charge in [0.25, 0.3) is 0 Å². The lowest BCUT2D eigenvalue weighted by atomic mass is 10.1. The number of piperazine rings is 1. The van der Waals surface area contributed by atoms with E-state index in [1.807, 2.05) is 54.6 Å². The fourth-order valence-corrected chi connectivity index (χ4v) is 2.75. The quantitative estimate of drug-likeness (QED) is 0.825. The van der Waals surface area contributed by atoms with Crippen molar-refractivity contribution in [1.82, 2.24) is 10.2 Å². The summed E-state index contributed by atoms with van der Waals surface area (Å²) in [5.74, 6) is -0.388. The molecule has 0 aromatic heterocycles. The number of rotatable bonds is 4. The Kier molecular flexibility index (Phi) is 6.98. The fraction of sp³-hybridized carbons (Fsp3) is 0.263. The molecule has 132 valence electrons. The van der Waals surface area contributed by atoms with Crippen LogP contribution in [0.1, 0.15) is 6.42 Å². The Bertz CT molecular complexity index is 698. The molecule has 0 unspecified atom stereocenters. The predicted molar refractivity (Wildman–Crippen MR) is 102 cm³/mol. The summed E-state index contributed by atoms with van der Waals surface area (Å²) in [5, 5.41) is 5.98. The van der Waals surface area contributed by atoms with E-state index in [4.69, 9.17) is 0 Å². The van der Waals surface area contributed by atoms with E-state index < -0.39 is 0 Å². The van der Waals surface area contributed by atoms with E-state index in [9.17, 15) is 9.59 Å². The Morgan fingerprint density at radius 2 is 1.52 bits per heavy atom.